The average Bonchev–Trinajstić information content (AvgIpc) is 2.41. The predicted molar refractivity (Wildman–Crippen MR) is 71.0 cm³/mol. The van der Waals surface area contributed by atoms with E-state index < -0.39 is 0 Å². The average molecular weight is 251 g/mol. The highest BCUT2D eigenvalue weighted by molar-refractivity contribution is 5.30. The number of halogens is 1. The zero-order valence-electron chi connectivity index (χ0n) is 11.0. The Morgan fingerprint density at radius 1 is 1.22 bits per heavy atom. The maximum atomic E-state index is 12.1. The van der Waals surface area contributed by atoms with Crippen LogP contribution in [-0.4, -0.2) is 12.6 Å². The minimum atomic E-state index is 0.0727. The maximum absolute atomic E-state index is 12.1. The molecule has 100 valence electrons. The van der Waals surface area contributed by atoms with E-state index >= 15 is 0 Å². The molecule has 0 bridgehead atoms. The van der Waals surface area contributed by atoms with Crippen molar-refractivity contribution in [3.8, 4) is 0 Å². The zero-order valence-corrected chi connectivity index (χ0v) is 11.0. The standard InChI is InChI=1S/C15H22FNO/c1-2-17-14-9-7-12(8-10-14)15-6-4-3-5-13(15)11-18-16/h3-6,12,14,17H,2,7-11H2,1H3. The Morgan fingerprint density at radius 3 is 2.61 bits per heavy atom. The summed E-state index contributed by atoms with van der Waals surface area (Å²) in [4.78, 5) is 3.81. The summed E-state index contributed by atoms with van der Waals surface area (Å²) in [6.45, 7) is 3.27. The summed E-state index contributed by atoms with van der Waals surface area (Å²) in [5.74, 6) is 0.561. The van der Waals surface area contributed by atoms with E-state index in [1.165, 1.54) is 31.2 Å². The Balaban J connectivity index is 2.00. The summed E-state index contributed by atoms with van der Waals surface area (Å²) < 4.78 is 12.1. The number of benzene rings is 1. The molecule has 0 aliphatic heterocycles. The Kier molecular flexibility index (Phi) is 5.14. The lowest BCUT2D eigenvalue weighted by molar-refractivity contribution is -0.144. The Labute approximate surface area is 108 Å². The van der Waals surface area contributed by atoms with Crippen LogP contribution in [0.4, 0.5) is 4.53 Å². The summed E-state index contributed by atoms with van der Waals surface area (Å²) in [6.07, 6.45) is 4.79. The van der Waals surface area contributed by atoms with Crippen LogP contribution in [0.25, 0.3) is 0 Å². The molecule has 0 heterocycles. The van der Waals surface area contributed by atoms with Gasteiger partial charge in [0.15, 0.2) is 0 Å². The van der Waals surface area contributed by atoms with Crippen LogP contribution < -0.4 is 5.32 Å². The molecule has 1 aromatic carbocycles. The maximum Gasteiger partial charge on any atom is 0.113 e. The van der Waals surface area contributed by atoms with Crippen molar-refractivity contribution >= 4 is 0 Å². The van der Waals surface area contributed by atoms with Gasteiger partial charge in [0.25, 0.3) is 0 Å². The first-order valence-electron chi connectivity index (χ1n) is 6.89. The second-order valence-electron chi connectivity index (χ2n) is 5.06. The normalized spacial score (nSPS) is 24.1. The molecule has 3 heteroatoms. The fourth-order valence-corrected chi connectivity index (χ4v) is 3.02. The lowest BCUT2D eigenvalue weighted by Gasteiger charge is -2.30. The van der Waals surface area contributed by atoms with Crippen LogP contribution in [0.2, 0.25) is 0 Å². The van der Waals surface area contributed by atoms with Gasteiger partial charge in [0.05, 0.1) is 0 Å². The molecule has 0 spiro atoms. The molecule has 0 radical (unpaired) electrons. The van der Waals surface area contributed by atoms with Crippen LogP contribution in [0.1, 0.15) is 49.7 Å². The number of hydrogen-bond donors (Lipinski definition) is 1. The third-order valence-electron chi connectivity index (χ3n) is 3.92. The van der Waals surface area contributed by atoms with E-state index in [0.717, 1.165) is 12.1 Å². The van der Waals surface area contributed by atoms with Crippen molar-refractivity contribution in [3.63, 3.8) is 0 Å². The van der Waals surface area contributed by atoms with E-state index in [1.54, 1.807) is 0 Å². The second kappa shape index (κ2) is 6.86. The molecular formula is C15H22FNO. The van der Waals surface area contributed by atoms with Crippen molar-refractivity contribution in [3.05, 3.63) is 35.4 Å². The topological polar surface area (TPSA) is 21.3 Å². The molecular weight excluding hydrogens is 229 g/mol. The fraction of sp³-hybridized carbons (Fsp3) is 0.600. The van der Waals surface area contributed by atoms with Crippen molar-refractivity contribution < 1.29 is 9.47 Å². The predicted octanol–water partition coefficient (Wildman–Crippen LogP) is 3.72. The van der Waals surface area contributed by atoms with Crippen LogP contribution in [0.3, 0.4) is 0 Å². The van der Waals surface area contributed by atoms with Gasteiger partial charge in [-0.05, 0) is 53.8 Å². The third kappa shape index (κ3) is 3.30. The summed E-state index contributed by atoms with van der Waals surface area (Å²) in [6, 6.07) is 8.73. The Hall–Kier alpha value is -0.930. The second-order valence-corrected chi connectivity index (χ2v) is 5.06. The molecule has 2 rings (SSSR count). The zero-order chi connectivity index (χ0) is 12.8. The van der Waals surface area contributed by atoms with Gasteiger partial charge < -0.3 is 5.32 Å². The van der Waals surface area contributed by atoms with Crippen LogP contribution in [0.15, 0.2) is 24.3 Å². The minimum absolute atomic E-state index is 0.0727. The van der Waals surface area contributed by atoms with Gasteiger partial charge in [-0.1, -0.05) is 31.2 Å². The van der Waals surface area contributed by atoms with Crippen molar-refractivity contribution in [2.45, 2.75) is 51.2 Å². The van der Waals surface area contributed by atoms with E-state index in [0.29, 0.717) is 12.0 Å². The van der Waals surface area contributed by atoms with E-state index in [9.17, 15) is 4.53 Å². The number of rotatable bonds is 5. The lowest BCUT2D eigenvalue weighted by atomic mass is 9.80. The van der Waals surface area contributed by atoms with E-state index in [2.05, 4.69) is 23.2 Å². The highest BCUT2D eigenvalue weighted by Crippen LogP contribution is 2.34. The van der Waals surface area contributed by atoms with Gasteiger partial charge in [0, 0.05) is 6.04 Å². The first-order valence-corrected chi connectivity index (χ1v) is 6.89. The van der Waals surface area contributed by atoms with Gasteiger partial charge in [-0.3, -0.25) is 0 Å². The monoisotopic (exact) mass is 251 g/mol. The lowest BCUT2D eigenvalue weighted by Crippen LogP contribution is -2.32. The van der Waals surface area contributed by atoms with Crippen molar-refractivity contribution in [1.29, 1.82) is 0 Å². The third-order valence-corrected chi connectivity index (χ3v) is 3.92. The van der Waals surface area contributed by atoms with E-state index in [-0.39, 0.29) is 6.61 Å². The molecule has 0 saturated heterocycles. The summed E-state index contributed by atoms with van der Waals surface area (Å²) in [5.41, 5.74) is 2.26. The smallest absolute Gasteiger partial charge is 0.113 e. The Morgan fingerprint density at radius 2 is 1.94 bits per heavy atom. The van der Waals surface area contributed by atoms with E-state index in [4.69, 9.17) is 0 Å². The number of nitrogens with one attached hydrogen (secondary N) is 1. The van der Waals surface area contributed by atoms with Crippen molar-refractivity contribution in [2.75, 3.05) is 6.54 Å². The minimum Gasteiger partial charge on any atom is -0.314 e. The van der Waals surface area contributed by atoms with Gasteiger partial charge in [0.2, 0.25) is 0 Å². The molecule has 18 heavy (non-hydrogen) atoms. The van der Waals surface area contributed by atoms with Gasteiger partial charge >= 0.3 is 0 Å². The quantitative estimate of drug-likeness (QED) is 0.861. The Bertz CT molecular complexity index is 361. The molecule has 0 aromatic heterocycles. The van der Waals surface area contributed by atoms with Crippen LogP contribution in [0, 0.1) is 0 Å². The summed E-state index contributed by atoms with van der Waals surface area (Å²) >= 11 is 0. The highest BCUT2D eigenvalue weighted by Gasteiger charge is 2.23. The molecule has 1 N–H and O–H groups in total. The molecule has 1 aliphatic rings. The summed E-state index contributed by atoms with van der Waals surface area (Å²) in [7, 11) is 0. The van der Waals surface area contributed by atoms with Gasteiger partial charge in [-0.15, -0.1) is 0 Å². The SMILES string of the molecule is CCNC1CCC(c2ccccc2COF)CC1. The number of hydrogen-bond acceptors (Lipinski definition) is 2. The first-order chi connectivity index (χ1) is 8.85. The van der Waals surface area contributed by atoms with Gasteiger partial charge in [-0.2, -0.15) is 4.94 Å². The molecule has 1 aromatic rings. The molecule has 2 nitrogen and oxygen atoms in total. The van der Waals surface area contributed by atoms with Crippen molar-refractivity contribution in [2.24, 2.45) is 0 Å². The highest BCUT2D eigenvalue weighted by atomic mass is 19.3. The molecule has 0 unspecified atom stereocenters. The van der Waals surface area contributed by atoms with E-state index in [1.807, 2.05) is 18.2 Å². The molecule has 0 atom stereocenters. The molecule has 1 aliphatic carbocycles. The van der Waals surface area contributed by atoms with Crippen LogP contribution >= 0.6 is 0 Å². The van der Waals surface area contributed by atoms with Gasteiger partial charge in [-0.25, -0.2) is 0 Å². The largest absolute Gasteiger partial charge is 0.314 e. The van der Waals surface area contributed by atoms with Gasteiger partial charge in [0.1, 0.15) is 6.61 Å². The summed E-state index contributed by atoms with van der Waals surface area (Å²) in [5, 5.41) is 3.51. The van der Waals surface area contributed by atoms with Crippen molar-refractivity contribution in [1.82, 2.24) is 5.32 Å². The molecule has 1 saturated carbocycles. The molecule has 1 fully saturated rings. The first kappa shape index (κ1) is 13.5. The van der Waals surface area contributed by atoms with Crippen LogP contribution in [-0.2, 0) is 11.5 Å². The molecule has 0 amide bonds. The fourth-order valence-electron chi connectivity index (χ4n) is 3.02. The van der Waals surface area contributed by atoms with Crippen LogP contribution in [0.5, 0.6) is 0 Å².